The Balaban J connectivity index is 1.57. The van der Waals surface area contributed by atoms with Gasteiger partial charge in [-0.05, 0) is 6.42 Å². The monoisotopic (exact) mass is 322 g/mol. The van der Waals surface area contributed by atoms with Gasteiger partial charge in [0, 0.05) is 23.7 Å². The fourth-order valence-electron chi connectivity index (χ4n) is 2.82. The van der Waals surface area contributed by atoms with E-state index in [0.717, 1.165) is 5.56 Å². The molecule has 24 heavy (non-hydrogen) atoms. The molecule has 0 spiro atoms. The van der Waals surface area contributed by atoms with Crippen LogP contribution >= 0.6 is 0 Å². The van der Waals surface area contributed by atoms with E-state index in [1.165, 1.54) is 6.33 Å². The van der Waals surface area contributed by atoms with Crippen LogP contribution in [0.5, 0.6) is 0 Å². The zero-order chi connectivity index (χ0) is 16.5. The molecule has 1 aromatic carbocycles. The minimum absolute atomic E-state index is 0.141. The van der Waals surface area contributed by atoms with E-state index in [-0.39, 0.29) is 17.2 Å². The summed E-state index contributed by atoms with van der Waals surface area (Å²) in [6, 6.07) is 11.2. The smallest absolute Gasteiger partial charge is 0.292 e. The van der Waals surface area contributed by atoms with Crippen LogP contribution in [0.3, 0.4) is 0 Å². The Morgan fingerprint density at radius 1 is 1.25 bits per heavy atom. The summed E-state index contributed by atoms with van der Waals surface area (Å²) in [6.07, 6.45) is 1.83. The summed E-state index contributed by atoms with van der Waals surface area (Å²) in [5, 5.41) is 3.97. The van der Waals surface area contributed by atoms with Crippen molar-refractivity contribution in [1.29, 1.82) is 0 Å². The van der Waals surface area contributed by atoms with Crippen LogP contribution in [0.4, 0.5) is 0 Å². The Bertz CT molecular complexity index is 946. The number of nitrogens with zero attached hydrogens (tertiary/aromatic N) is 3. The average Bonchev–Trinajstić information content (AvgIpc) is 3.12. The maximum absolute atomic E-state index is 12.6. The number of hydrogen-bond donors (Lipinski definition) is 1. The van der Waals surface area contributed by atoms with E-state index in [0.29, 0.717) is 36.5 Å². The molecule has 120 valence electrons. The van der Waals surface area contributed by atoms with Crippen molar-refractivity contribution >= 4 is 5.91 Å². The maximum Gasteiger partial charge on any atom is 0.292 e. The molecule has 7 nitrogen and oxygen atoms in total. The number of aromatic nitrogens is 3. The van der Waals surface area contributed by atoms with Crippen LogP contribution in [-0.4, -0.2) is 32.5 Å². The van der Waals surface area contributed by atoms with Crippen molar-refractivity contribution in [2.75, 3.05) is 6.54 Å². The van der Waals surface area contributed by atoms with Crippen molar-refractivity contribution in [2.45, 2.75) is 13.0 Å². The molecular formula is C17H14N4O3. The Kier molecular flexibility index (Phi) is 3.45. The van der Waals surface area contributed by atoms with Gasteiger partial charge < -0.3 is 14.4 Å². The van der Waals surface area contributed by atoms with Gasteiger partial charge in [-0.3, -0.25) is 9.59 Å². The second-order valence-corrected chi connectivity index (χ2v) is 5.58. The van der Waals surface area contributed by atoms with E-state index in [1.807, 2.05) is 30.3 Å². The van der Waals surface area contributed by atoms with Crippen molar-refractivity contribution in [2.24, 2.45) is 0 Å². The Morgan fingerprint density at radius 2 is 2.08 bits per heavy atom. The van der Waals surface area contributed by atoms with Gasteiger partial charge in [-0.2, -0.15) is 0 Å². The minimum Gasteiger partial charge on any atom is -0.350 e. The number of aromatic amines is 1. The zero-order valence-corrected chi connectivity index (χ0v) is 12.7. The zero-order valence-electron chi connectivity index (χ0n) is 12.7. The highest BCUT2D eigenvalue weighted by molar-refractivity contribution is 5.92. The molecule has 1 N–H and O–H groups in total. The quantitative estimate of drug-likeness (QED) is 0.774. The number of benzene rings is 1. The van der Waals surface area contributed by atoms with Gasteiger partial charge >= 0.3 is 0 Å². The minimum atomic E-state index is -0.252. The number of nitrogens with one attached hydrogen (secondary N) is 1. The molecule has 0 unspecified atom stereocenters. The Hall–Kier alpha value is -3.22. The van der Waals surface area contributed by atoms with E-state index < -0.39 is 0 Å². The average molecular weight is 322 g/mol. The topological polar surface area (TPSA) is 92.1 Å². The molecule has 1 aliphatic rings. The third kappa shape index (κ3) is 2.50. The van der Waals surface area contributed by atoms with Gasteiger partial charge in [-0.1, -0.05) is 35.5 Å². The van der Waals surface area contributed by atoms with Gasteiger partial charge in [-0.15, -0.1) is 0 Å². The summed E-state index contributed by atoms with van der Waals surface area (Å²) in [7, 11) is 0. The first-order valence-corrected chi connectivity index (χ1v) is 7.59. The van der Waals surface area contributed by atoms with Gasteiger partial charge in [-0.25, -0.2) is 4.98 Å². The number of amides is 1. The molecular weight excluding hydrogens is 308 g/mol. The fourth-order valence-corrected chi connectivity index (χ4v) is 2.82. The summed E-state index contributed by atoms with van der Waals surface area (Å²) in [6.45, 7) is 0.738. The number of H-pyrrole nitrogens is 1. The van der Waals surface area contributed by atoms with Crippen LogP contribution in [0.1, 0.15) is 21.8 Å². The van der Waals surface area contributed by atoms with Gasteiger partial charge in [0.05, 0.1) is 18.6 Å². The molecule has 0 fully saturated rings. The van der Waals surface area contributed by atoms with Crippen molar-refractivity contribution < 1.29 is 9.32 Å². The third-order valence-electron chi connectivity index (χ3n) is 4.09. The molecule has 3 aromatic rings. The van der Waals surface area contributed by atoms with E-state index in [4.69, 9.17) is 4.52 Å². The highest BCUT2D eigenvalue weighted by atomic mass is 16.5. The van der Waals surface area contributed by atoms with Crippen molar-refractivity contribution in [1.82, 2.24) is 20.0 Å². The highest BCUT2D eigenvalue weighted by Gasteiger charge is 2.26. The third-order valence-corrected chi connectivity index (χ3v) is 4.09. The lowest BCUT2D eigenvalue weighted by molar-refractivity contribution is 0.0689. The molecule has 0 aliphatic carbocycles. The van der Waals surface area contributed by atoms with Crippen LogP contribution in [0.25, 0.3) is 11.3 Å². The normalized spacial score (nSPS) is 13.6. The predicted molar refractivity (Wildman–Crippen MR) is 85.2 cm³/mol. The number of rotatable bonds is 2. The van der Waals surface area contributed by atoms with E-state index >= 15 is 0 Å². The summed E-state index contributed by atoms with van der Waals surface area (Å²) in [4.78, 5) is 32.7. The van der Waals surface area contributed by atoms with E-state index in [1.54, 1.807) is 11.0 Å². The molecule has 0 saturated heterocycles. The molecule has 3 heterocycles. The summed E-state index contributed by atoms with van der Waals surface area (Å²) in [5.74, 6) is -0.0699. The molecule has 4 rings (SSSR count). The second-order valence-electron chi connectivity index (χ2n) is 5.58. The predicted octanol–water partition coefficient (Wildman–Crippen LogP) is 1.62. The lowest BCUT2D eigenvalue weighted by atomic mass is 10.1. The van der Waals surface area contributed by atoms with Crippen LogP contribution < -0.4 is 5.56 Å². The lowest BCUT2D eigenvalue weighted by Gasteiger charge is -2.26. The van der Waals surface area contributed by atoms with Crippen LogP contribution in [0.2, 0.25) is 0 Å². The molecule has 2 aromatic heterocycles. The number of hydrogen-bond acceptors (Lipinski definition) is 5. The number of carbonyl (C=O) groups excluding carboxylic acids is 1. The van der Waals surface area contributed by atoms with Crippen molar-refractivity contribution in [3.8, 4) is 11.3 Å². The summed E-state index contributed by atoms with van der Waals surface area (Å²) >= 11 is 0. The van der Waals surface area contributed by atoms with Gasteiger partial charge in [0.15, 0.2) is 0 Å². The Morgan fingerprint density at radius 3 is 2.92 bits per heavy atom. The molecule has 0 atom stereocenters. The standard InChI is InChI=1S/C17H14N4O3/c22-16-12-6-7-21(9-14(12)18-10-19-16)17(23)15-8-13(20-24-15)11-4-2-1-3-5-11/h1-5,8,10H,6-7,9H2,(H,18,19,22). The molecule has 7 heteroatoms. The van der Waals surface area contributed by atoms with Crippen LogP contribution in [0, 0.1) is 0 Å². The molecule has 0 saturated carbocycles. The van der Waals surface area contributed by atoms with Crippen molar-refractivity contribution in [3.05, 3.63) is 70.1 Å². The number of fused-ring (bicyclic) bond motifs is 1. The molecule has 0 bridgehead atoms. The SMILES string of the molecule is O=C(c1cc(-c2ccccc2)no1)N1CCc2c(nc[nH]c2=O)C1. The first kappa shape index (κ1) is 14.4. The van der Waals surface area contributed by atoms with E-state index in [2.05, 4.69) is 15.1 Å². The largest absolute Gasteiger partial charge is 0.350 e. The first-order chi connectivity index (χ1) is 11.7. The first-order valence-electron chi connectivity index (χ1n) is 7.59. The van der Waals surface area contributed by atoms with E-state index in [9.17, 15) is 9.59 Å². The van der Waals surface area contributed by atoms with Gasteiger partial charge in [0.2, 0.25) is 5.76 Å². The second kappa shape index (κ2) is 5.77. The molecule has 1 amide bonds. The van der Waals surface area contributed by atoms with Crippen LogP contribution in [0.15, 0.2) is 52.0 Å². The molecule has 1 aliphatic heterocycles. The molecule has 0 radical (unpaired) electrons. The summed E-state index contributed by atoms with van der Waals surface area (Å²) < 4.78 is 5.22. The Labute approximate surface area is 136 Å². The van der Waals surface area contributed by atoms with Crippen LogP contribution in [-0.2, 0) is 13.0 Å². The maximum atomic E-state index is 12.6. The lowest BCUT2D eigenvalue weighted by Crippen LogP contribution is -2.38. The van der Waals surface area contributed by atoms with Gasteiger partial charge in [0.1, 0.15) is 5.69 Å². The number of carbonyl (C=O) groups is 1. The highest BCUT2D eigenvalue weighted by Crippen LogP contribution is 2.21. The van der Waals surface area contributed by atoms with Gasteiger partial charge in [0.25, 0.3) is 11.5 Å². The van der Waals surface area contributed by atoms with Crippen molar-refractivity contribution in [3.63, 3.8) is 0 Å². The summed E-state index contributed by atoms with van der Waals surface area (Å²) in [5.41, 5.74) is 2.63. The fraction of sp³-hybridized carbons (Fsp3) is 0.176.